The number of phosphoric ester groups is 2. The van der Waals surface area contributed by atoms with Crippen LogP contribution in [0.3, 0.4) is 0 Å². The van der Waals surface area contributed by atoms with Crippen molar-refractivity contribution in [3.63, 3.8) is 0 Å². The molecule has 0 aromatic rings. The van der Waals surface area contributed by atoms with Gasteiger partial charge in [-0.1, -0.05) is 375 Å². The molecule has 0 bridgehead atoms. The van der Waals surface area contributed by atoms with Crippen LogP contribution < -0.4 is 0 Å². The first-order chi connectivity index (χ1) is 48.0. The summed E-state index contributed by atoms with van der Waals surface area (Å²) in [6.45, 7) is 7.26. The molecule has 0 saturated carbocycles. The second kappa shape index (κ2) is 73.0. The summed E-state index contributed by atoms with van der Waals surface area (Å²) in [5.41, 5.74) is 0. The number of ether oxygens (including phenoxy) is 4. The van der Waals surface area contributed by atoms with Crippen LogP contribution >= 0.6 is 15.6 Å². The van der Waals surface area contributed by atoms with E-state index >= 15 is 0 Å². The third-order valence-electron chi connectivity index (χ3n) is 18.8. The maximum atomic E-state index is 13.1. The molecular formula is C80H156O17P2. The highest BCUT2D eigenvalue weighted by atomic mass is 31.2. The van der Waals surface area contributed by atoms with Crippen LogP contribution in [0.25, 0.3) is 0 Å². The van der Waals surface area contributed by atoms with Crippen molar-refractivity contribution in [2.75, 3.05) is 39.6 Å². The largest absolute Gasteiger partial charge is 0.472 e. The van der Waals surface area contributed by atoms with Gasteiger partial charge in [0, 0.05) is 25.7 Å². The lowest BCUT2D eigenvalue weighted by Crippen LogP contribution is -2.30. The predicted octanol–water partition coefficient (Wildman–Crippen LogP) is 24.0. The fourth-order valence-corrected chi connectivity index (χ4v) is 14.0. The summed E-state index contributed by atoms with van der Waals surface area (Å²) in [4.78, 5) is 72.6. The zero-order chi connectivity index (χ0) is 72.7. The normalized spacial score (nSPS) is 13.9. The molecule has 0 aliphatic carbocycles. The third kappa shape index (κ3) is 74.1. The summed E-state index contributed by atoms with van der Waals surface area (Å²) in [6, 6.07) is 0. The van der Waals surface area contributed by atoms with Gasteiger partial charge in [0.1, 0.15) is 19.3 Å². The van der Waals surface area contributed by atoms with Gasteiger partial charge in [0.15, 0.2) is 12.2 Å². The maximum Gasteiger partial charge on any atom is 0.472 e. The first-order valence-corrected chi connectivity index (χ1v) is 44.6. The van der Waals surface area contributed by atoms with E-state index in [1.165, 1.54) is 244 Å². The number of aliphatic hydroxyl groups excluding tert-OH is 1. The van der Waals surface area contributed by atoms with Crippen LogP contribution in [0.2, 0.25) is 0 Å². The molecule has 0 spiro atoms. The molecule has 0 aliphatic rings. The van der Waals surface area contributed by atoms with Gasteiger partial charge < -0.3 is 33.8 Å². The standard InChI is InChI=1S/C80H156O17P2/c1-6-9-12-15-17-19-21-23-24-25-26-27-28-29-30-35-39-43-47-51-56-61-66-80(85)97-76(70-91-78(83)64-59-54-49-45-41-38-34-32-31-33-37-40-44-48-53-57-62-73(4)5)72-95-99(88,89)93-68-74(81)67-92-98(86,87)94-71-75(69-90-77(82)63-58-52-14-11-8-3)96-79(84)65-60-55-50-46-42-36-22-20-18-16-13-10-7-2/h73-76,81H,6-72H2,1-5H3,(H,86,87)(H,88,89)/t74-,75+,76+/m0/s1. The Labute approximate surface area is 607 Å². The summed E-state index contributed by atoms with van der Waals surface area (Å²) in [5.74, 6) is -1.31. The van der Waals surface area contributed by atoms with E-state index in [-0.39, 0.29) is 25.7 Å². The maximum absolute atomic E-state index is 13.1. The molecule has 0 fully saturated rings. The Balaban J connectivity index is 5.11. The van der Waals surface area contributed by atoms with Crippen molar-refractivity contribution in [2.45, 2.75) is 445 Å². The molecule has 17 nitrogen and oxygen atoms in total. The van der Waals surface area contributed by atoms with Crippen molar-refractivity contribution >= 4 is 39.5 Å². The predicted molar refractivity (Wildman–Crippen MR) is 405 cm³/mol. The van der Waals surface area contributed by atoms with Gasteiger partial charge in [0.25, 0.3) is 0 Å². The number of carbonyl (C=O) groups is 4. The molecule has 0 amide bonds. The van der Waals surface area contributed by atoms with E-state index in [0.717, 1.165) is 102 Å². The van der Waals surface area contributed by atoms with Crippen molar-refractivity contribution in [3.8, 4) is 0 Å². The smallest absolute Gasteiger partial charge is 0.462 e. The topological polar surface area (TPSA) is 237 Å². The summed E-state index contributed by atoms with van der Waals surface area (Å²) in [6.07, 6.45) is 64.4. The lowest BCUT2D eigenvalue weighted by molar-refractivity contribution is -0.161. The van der Waals surface area contributed by atoms with Crippen molar-refractivity contribution in [2.24, 2.45) is 5.92 Å². The molecule has 19 heteroatoms. The number of esters is 4. The molecule has 5 atom stereocenters. The first-order valence-electron chi connectivity index (χ1n) is 41.6. The van der Waals surface area contributed by atoms with E-state index in [1.54, 1.807) is 0 Å². The average molecular weight is 1450 g/mol. The van der Waals surface area contributed by atoms with Crippen LogP contribution in [0, 0.1) is 5.92 Å². The van der Waals surface area contributed by atoms with Gasteiger partial charge in [-0.3, -0.25) is 37.3 Å². The lowest BCUT2D eigenvalue weighted by atomic mass is 10.0. The molecule has 0 aliphatic heterocycles. The monoisotopic (exact) mass is 1450 g/mol. The van der Waals surface area contributed by atoms with Gasteiger partial charge >= 0.3 is 39.5 Å². The van der Waals surface area contributed by atoms with E-state index in [2.05, 4.69) is 34.6 Å². The number of unbranched alkanes of at least 4 members (excludes halogenated alkanes) is 52. The summed E-state index contributed by atoms with van der Waals surface area (Å²) >= 11 is 0. The number of hydrogen-bond acceptors (Lipinski definition) is 15. The van der Waals surface area contributed by atoms with Gasteiger partial charge in [-0.2, -0.15) is 0 Å². The van der Waals surface area contributed by atoms with Crippen LogP contribution in [-0.4, -0.2) is 96.7 Å². The number of carbonyl (C=O) groups excluding carboxylic acids is 4. The van der Waals surface area contributed by atoms with Crippen molar-refractivity contribution in [1.82, 2.24) is 0 Å². The van der Waals surface area contributed by atoms with Crippen LogP contribution in [0.5, 0.6) is 0 Å². The molecule has 0 aromatic carbocycles. The summed E-state index contributed by atoms with van der Waals surface area (Å²) in [7, 11) is -9.90. The molecule has 0 aromatic heterocycles. The fraction of sp³-hybridized carbons (Fsp3) is 0.950. The van der Waals surface area contributed by atoms with E-state index in [4.69, 9.17) is 37.0 Å². The average Bonchev–Trinajstić information content (AvgIpc) is 1.08. The quantitative estimate of drug-likeness (QED) is 0.0222. The Hall–Kier alpha value is -1.94. The molecular weight excluding hydrogens is 1290 g/mol. The number of rotatable bonds is 80. The Morgan fingerprint density at radius 1 is 0.273 bits per heavy atom. The molecule has 0 rings (SSSR count). The minimum absolute atomic E-state index is 0.107. The SMILES string of the molecule is CCCCCCCCCCCCCCCCCCCCCCCCC(=O)O[C@H](COC(=O)CCCCCCCCCCCCCCCCCCC(C)C)COP(=O)(O)OC[C@@H](O)COP(=O)(O)OC[C@@H](COC(=O)CCCCCCC)OC(=O)CCCCCCCCCCCCCCC. The Kier molecular flexibility index (Phi) is 71.6. The molecule has 0 heterocycles. The number of aliphatic hydroxyl groups is 1. The van der Waals surface area contributed by atoms with Crippen LogP contribution in [-0.2, 0) is 65.4 Å². The van der Waals surface area contributed by atoms with Crippen LogP contribution in [0.4, 0.5) is 0 Å². The Morgan fingerprint density at radius 3 is 0.687 bits per heavy atom. The fourth-order valence-electron chi connectivity index (χ4n) is 12.4. The highest BCUT2D eigenvalue weighted by Crippen LogP contribution is 2.45. The second-order valence-corrected chi connectivity index (χ2v) is 32.2. The third-order valence-corrected chi connectivity index (χ3v) is 20.7. The summed E-state index contributed by atoms with van der Waals surface area (Å²) < 4.78 is 68.4. The minimum atomic E-state index is -4.96. The van der Waals surface area contributed by atoms with Gasteiger partial charge in [-0.25, -0.2) is 9.13 Å². The minimum Gasteiger partial charge on any atom is -0.462 e. The Morgan fingerprint density at radius 2 is 0.465 bits per heavy atom. The molecule has 0 radical (unpaired) electrons. The van der Waals surface area contributed by atoms with E-state index in [0.29, 0.717) is 25.7 Å². The number of hydrogen-bond donors (Lipinski definition) is 3. The molecule has 0 saturated heterocycles. The lowest BCUT2D eigenvalue weighted by Gasteiger charge is -2.21. The van der Waals surface area contributed by atoms with Crippen LogP contribution in [0.1, 0.15) is 426 Å². The molecule has 588 valence electrons. The zero-order valence-corrected chi connectivity index (χ0v) is 66.4. The summed E-state index contributed by atoms with van der Waals surface area (Å²) in [5, 5.41) is 10.6. The van der Waals surface area contributed by atoms with E-state index in [1.807, 2.05) is 0 Å². The van der Waals surface area contributed by atoms with Crippen molar-refractivity contribution in [3.05, 3.63) is 0 Å². The molecule has 99 heavy (non-hydrogen) atoms. The van der Waals surface area contributed by atoms with E-state index < -0.39 is 97.5 Å². The van der Waals surface area contributed by atoms with Crippen molar-refractivity contribution in [1.29, 1.82) is 0 Å². The van der Waals surface area contributed by atoms with Gasteiger partial charge in [0.05, 0.1) is 26.4 Å². The van der Waals surface area contributed by atoms with Gasteiger partial charge in [-0.15, -0.1) is 0 Å². The van der Waals surface area contributed by atoms with Crippen molar-refractivity contribution < 1.29 is 80.2 Å². The highest BCUT2D eigenvalue weighted by molar-refractivity contribution is 7.47. The van der Waals surface area contributed by atoms with E-state index in [9.17, 15) is 43.2 Å². The second-order valence-electron chi connectivity index (χ2n) is 29.3. The first kappa shape index (κ1) is 97.1. The Bertz CT molecular complexity index is 1890. The van der Waals surface area contributed by atoms with Crippen LogP contribution in [0.15, 0.2) is 0 Å². The number of phosphoric acid groups is 2. The molecule has 3 N–H and O–H groups in total. The highest BCUT2D eigenvalue weighted by Gasteiger charge is 2.30. The van der Waals surface area contributed by atoms with Gasteiger partial charge in [0.2, 0.25) is 0 Å². The zero-order valence-electron chi connectivity index (χ0n) is 64.6. The molecule has 2 unspecified atom stereocenters. The van der Waals surface area contributed by atoms with Gasteiger partial charge in [-0.05, 0) is 31.6 Å².